The Morgan fingerprint density at radius 1 is 1.13 bits per heavy atom. The number of esters is 1. The summed E-state index contributed by atoms with van der Waals surface area (Å²) < 4.78 is 11.5. The fourth-order valence-electron chi connectivity index (χ4n) is 2.45. The highest BCUT2D eigenvalue weighted by atomic mass is 16.6. The van der Waals surface area contributed by atoms with Crippen LogP contribution in [0.4, 0.5) is 11.4 Å². The summed E-state index contributed by atoms with van der Waals surface area (Å²) in [4.78, 5) is 34.3. The molecule has 1 aromatic heterocycles. The zero-order valence-corrected chi connectivity index (χ0v) is 15.8. The number of benzene rings is 2. The van der Waals surface area contributed by atoms with Gasteiger partial charge in [-0.3, -0.25) is 14.9 Å². The minimum Gasteiger partial charge on any atom is -0.497 e. The van der Waals surface area contributed by atoms with Crippen LogP contribution < -0.4 is 10.1 Å². The summed E-state index contributed by atoms with van der Waals surface area (Å²) in [6, 6.07) is 11.9. The maximum absolute atomic E-state index is 12.1. The predicted octanol–water partition coefficient (Wildman–Crippen LogP) is 2.19. The number of non-ortho nitro benzene ring substituents is 1. The van der Waals surface area contributed by atoms with Gasteiger partial charge >= 0.3 is 5.97 Å². The number of rotatable bonds is 8. The first-order chi connectivity index (χ1) is 14.4. The normalized spacial score (nSPS) is 10.3. The average molecular weight is 411 g/mol. The molecule has 1 N–H and O–H groups in total. The molecule has 0 bridgehead atoms. The first-order valence-electron chi connectivity index (χ1n) is 8.69. The molecular weight excluding hydrogens is 394 g/mol. The number of nitro benzene ring substituents is 1. The van der Waals surface area contributed by atoms with Crippen molar-refractivity contribution in [2.24, 2.45) is 0 Å². The summed E-state index contributed by atoms with van der Waals surface area (Å²) in [7, 11) is 1.53. The van der Waals surface area contributed by atoms with Crippen LogP contribution >= 0.6 is 0 Å². The molecule has 3 aromatic rings. The minimum atomic E-state index is -0.525. The summed E-state index contributed by atoms with van der Waals surface area (Å²) in [5, 5.41) is 20.9. The van der Waals surface area contributed by atoms with Crippen LogP contribution in [0, 0.1) is 10.1 Å². The molecule has 1 amide bonds. The number of anilines is 1. The van der Waals surface area contributed by atoms with Gasteiger partial charge in [0, 0.05) is 17.8 Å². The van der Waals surface area contributed by atoms with Crippen molar-refractivity contribution in [2.75, 3.05) is 12.4 Å². The molecule has 30 heavy (non-hydrogen) atoms. The van der Waals surface area contributed by atoms with Crippen LogP contribution in [-0.2, 0) is 22.7 Å². The van der Waals surface area contributed by atoms with Gasteiger partial charge in [-0.1, -0.05) is 5.21 Å². The van der Waals surface area contributed by atoms with E-state index in [1.807, 2.05) is 0 Å². The molecule has 0 unspecified atom stereocenters. The van der Waals surface area contributed by atoms with Gasteiger partial charge in [0.15, 0.2) is 0 Å². The Balaban J connectivity index is 1.49. The fourth-order valence-corrected chi connectivity index (χ4v) is 2.45. The quantitative estimate of drug-likeness (QED) is 0.338. The monoisotopic (exact) mass is 411 g/mol. The van der Waals surface area contributed by atoms with Crippen molar-refractivity contribution in [2.45, 2.75) is 13.2 Å². The molecular formula is C19H17N5O6. The molecule has 1 heterocycles. The Hall–Kier alpha value is -4.28. The number of ether oxygens (including phenoxy) is 2. The first-order valence-corrected chi connectivity index (χ1v) is 8.69. The Morgan fingerprint density at radius 2 is 1.83 bits per heavy atom. The molecule has 0 saturated carbocycles. The van der Waals surface area contributed by atoms with Gasteiger partial charge < -0.3 is 14.8 Å². The van der Waals surface area contributed by atoms with Crippen LogP contribution in [0.25, 0.3) is 0 Å². The molecule has 3 rings (SSSR count). The lowest BCUT2D eigenvalue weighted by molar-refractivity contribution is -0.384. The van der Waals surface area contributed by atoms with Crippen molar-refractivity contribution in [3.63, 3.8) is 0 Å². The number of hydrogen-bond acceptors (Lipinski definition) is 8. The average Bonchev–Trinajstić information content (AvgIpc) is 3.19. The number of hydrogen-bond donors (Lipinski definition) is 1. The zero-order chi connectivity index (χ0) is 21.5. The lowest BCUT2D eigenvalue weighted by atomic mass is 10.2. The Labute approximate surface area is 170 Å². The number of methoxy groups -OCH3 is 1. The van der Waals surface area contributed by atoms with Crippen LogP contribution in [-0.4, -0.2) is 38.9 Å². The van der Waals surface area contributed by atoms with Crippen LogP contribution in [0.3, 0.4) is 0 Å². The molecule has 0 spiro atoms. The number of carbonyl (C=O) groups is 2. The van der Waals surface area contributed by atoms with E-state index in [9.17, 15) is 19.7 Å². The topological polar surface area (TPSA) is 138 Å². The van der Waals surface area contributed by atoms with Crippen molar-refractivity contribution in [3.8, 4) is 5.75 Å². The fraction of sp³-hybridized carbons (Fsp3) is 0.158. The van der Waals surface area contributed by atoms with Crippen molar-refractivity contribution < 1.29 is 24.0 Å². The van der Waals surface area contributed by atoms with E-state index in [2.05, 4.69) is 15.6 Å². The van der Waals surface area contributed by atoms with E-state index >= 15 is 0 Å². The van der Waals surface area contributed by atoms with E-state index < -0.39 is 16.8 Å². The summed E-state index contributed by atoms with van der Waals surface area (Å²) in [5.74, 6) is -0.292. The Bertz CT molecular complexity index is 1050. The molecule has 0 fully saturated rings. The maximum atomic E-state index is 12.1. The van der Waals surface area contributed by atoms with Gasteiger partial charge in [-0.05, 0) is 36.4 Å². The Kier molecular flexibility index (Phi) is 6.33. The van der Waals surface area contributed by atoms with Gasteiger partial charge in [-0.2, -0.15) is 0 Å². The third-order valence-electron chi connectivity index (χ3n) is 3.93. The molecule has 0 saturated heterocycles. The van der Waals surface area contributed by atoms with E-state index in [1.54, 1.807) is 24.3 Å². The van der Waals surface area contributed by atoms with E-state index in [1.165, 1.54) is 42.3 Å². The lowest BCUT2D eigenvalue weighted by Gasteiger charge is -2.05. The number of nitro groups is 1. The van der Waals surface area contributed by atoms with Gasteiger partial charge in [-0.15, -0.1) is 5.10 Å². The second-order valence-corrected chi connectivity index (χ2v) is 6.06. The summed E-state index contributed by atoms with van der Waals surface area (Å²) >= 11 is 0. The molecule has 11 nitrogen and oxygen atoms in total. The van der Waals surface area contributed by atoms with Crippen LogP contribution in [0.2, 0.25) is 0 Å². The van der Waals surface area contributed by atoms with Gasteiger partial charge in [-0.25, -0.2) is 9.48 Å². The highest BCUT2D eigenvalue weighted by Crippen LogP contribution is 2.15. The highest BCUT2D eigenvalue weighted by Gasteiger charge is 2.11. The van der Waals surface area contributed by atoms with Gasteiger partial charge in [0.25, 0.3) is 5.69 Å². The second kappa shape index (κ2) is 9.28. The third-order valence-corrected chi connectivity index (χ3v) is 3.93. The van der Waals surface area contributed by atoms with Crippen molar-refractivity contribution in [3.05, 3.63) is 76.1 Å². The second-order valence-electron chi connectivity index (χ2n) is 6.06. The van der Waals surface area contributed by atoms with Crippen LogP contribution in [0.1, 0.15) is 16.1 Å². The summed E-state index contributed by atoms with van der Waals surface area (Å²) in [6.45, 7) is -0.231. The molecule has 0 aliphatic carbocycles. The molecule has 2 aromatic carbocycles. The molecule has 0 aliphatic heterocycles. The third kappa shape index (κ3) is 5.38. The van der Waals surface area contributed by atoms with Crippen LogP contribution in [0.15, 0.2) is 54.7 Å². The van der Waals surface area contributed by atoms with E-state index in [-0.39, 0.29) is 18.8 Å². The van der Waals surface area contributed by atoms with Crippen molar-refractivity contribution in [1.82, 2.24) is 15.0 Å². The molecule has 0 radical (unpaired) electrons. The predicted molar refractivity (Wildman–Crippen MR) is 104 cm³/mol. The van der Waals surface area contributed by atoms with Gasteiger partial charge in [0.05, 0.1) is 23.8 Å². The zero-order valence-electron chi connectivity index (χ0n) is 15.8. The van der Waals surface area contributed by atoms with Crippen molar-refractivity contribution >= 4 is 23.3 Å². The largest absolute Gasteiger partial charge is 0.497 e. The molecule has 154 valence electrons. The van der Waals surface area contributed by atoms with E-state index in [0.717, 1.165) is 0 Å². The number of amides is 1. The van der Waals surface area contributed by atoms with Gasteiger partial charge in [0.1, 0.15) is 24.6 Å². The summed E-state index contributed by atoms with van der Waals surface area (Å²) in [5.41, 5.74) is 1.09. The molecule has 11 heteroatoms. The summed E-state index contributed by atoms with van der Waals surface area (Å²) in [6.07, 6.45) is 1.48. The Morgan fingerprint density at radius 3 is 2.47 bits per heavy atom. The van der Waals surface area contributed by atoms with E-state index in [0.29, 0.717) is 22.7 Å². The standard InChI is InChI=1S/C19H17N5O6/c1-29-17-8-2-13(3-9-17)19(26)30-12-15-10-23(22-21-15)11-18(25)20-14-4-6-16(7-5-14)24(27)28/h2-10H,11-12H2,1H3,(H,20,25). The lowest BCUT2D eigenvalue weighted by Crippen LogP contribution is -2.19. The number of nitrogens with zero attached hydrogens (tertiary/aromatic N) is 4. The van der Waals surface area contributed by atoms with Gasteiger partial charge in [0.2, 0.25) is 5.91 Å². The highest BCUT2D eigenvalue weighted by molar-refractivity contribution is 5.90. The minimum absolute atomic E-state index is 0.0712. The smallest absolute Gasteiger partial charge is 0.338 e. The van der Waals surface area contributed by atoms with E-state index in [4.69, 9.17) is 9.47 Å². The van der Waals surface area contributed by atoms with Crippen molar-refractivity contribution in [1.29, 1.82) is 0 Å². The maximum Gasteiger partial charge on any atom is 0.338 e. The number of nitrogens with one attached hydrogen (secondary N) is 1. The number of aromatic nitrogens is 3. The van der Waals surface area contributed by atoms with Crippen LogP contribution in [0.5, 0.6) is 5.75 Å². The molecule has 0 atom stereocenters. The molecule has 0 aliphatic rings. The first kappa shape index (κ1) is 20.5. The number of carbonyl (C=O) groups excluding carboxylic acids is 2. The SMILES string of the molecule is COc1ccc(C(=O)OCc2cn(CC(=O)Nc3ccc([N+](=O)[O-])cc3)nn2)cc1.